The molecule has 0 spiro atoms. The summed E-state index contributed by atoms with van der Waals surface area (Å²) in [7, 11) is 0. The largest absolute Gasteiger partial charge is 0.351 e. The number of rotatable bonds is 4. The molecule has 0 saturated carbocycles. The minimum atomic E-state index is -0.463. The summed E-state index contributed by atoms with van der Waals surface area (Å²) in [6.45, 7) is 3.64. The number of hydrogen-bond acceptors (Lipinski definition) is 2. The number of amides is 1. The third-order valence-corrected chi connectivity index (χ3v) is 3.53. The zero-order valence-corrected chi connectivity index (χ0v) is 11.2. The third kappa shape index (κ3) is 4.31. The van der Waals surface area contributed by atoms with Gasteiger partial charge in [-0.15, -0.1) is 0 Å². The molecule has 1 aromatic carbocycles. The number of halogens is 1. The molecule has 0 aliphatic carbocycles. The van der Waals surface area contributed by atoms with Crippen LogP contribution in [0.1, 0.15) is 36.0 Å². The monoisotopic (exact) mass is 264 g/mol. The van der Waals surface area contributed by atoms with E-state index in [1.54, 1.807) is 12.1 Å². The highest BCUT2D eigenvalue weighted by molar-refractivity contribution is 5.94. The number of likely N-dealkylation sites (tertiary alicyclic amines) is 1. The molecule has 1 aliphatic heterocycles. The highest BCUT2D eigenvalue weighted by atomic mass is 19.1. The van der Waals surface area contributed by atoms with Crippen LogP contribution in [0, 0.1) is 5.82 Å². The summed E-state index contributed by atoms with van der Waals surface area (Å²) in [5.41, 5.74) is 0.123. The minimum absolute atomic E-state index is 0.123. The van der Waals surface area contributed by atoms with Gasteiger partial charge in [0, 0.05) is 13.1 Å². The van der Waals surface area contributed by atoms with E-state index in [1.807, 2.05) is 0 Å². The molecule has 104 valence electrons. The van der Waals surface area contributed by atoms with Crippen LogP contribution >= 0.6 is 0 Å². The highest BCUT2D eigenvalue weighted by Gasteiger charge is 2.12. The van der Waals surface area contributed by atoms with Crippen molar-refractivity contribution >= 4 is 5.91 Å². The number of nitrogens with one attached hydrogen (secondary N) is 1. The molecule has 2 rings (SSSR count). The lowest BCUT2D eigenvalue weighted by molar-refractivity contribution is 0.0944. The minimum Gasteiger partial charge on any atom is -0.351 e. The maximum absolute atomic E-state index is 13.4. The summed E-state index contributed by atoms with van der Waals surface area (Å²) in [6.07, 6.45) is 5.08. The molecule has 0 radical (unpaired) electrons. The zero-order chi connectivity index (χ0) is 13.5. The summed E-state index contributed by atoms with van der Waals surface area (Å²) in [5, 5.41) is 2.79. The number of hydrogen-bond donors (Lipinski definition) is 1. The van der Waals surface area contributed by atoms with E-state index < -0.39 is 5.82 Å². The van der Waals surface area contributed by atoms with Gasteiger partial charge in [-0.1, -0.05) is 25.0 Å². The van der Waals surface area contributed by atoms with Crippen molar-refractivity contribution in [2.45, 2.75) is 25.7 Å². The van der Waals surface area contributed by atoms with E-state index in [0.29, 0.717) is 6.54 Å². The fraction of sp³-hybridized carbons (Fsp3) is 0.533. The Kier molecular flexibility index (Phi) is 5.33. The normalized spacial score (nSPS) is 16.9. The van der Waals surface area contributed by atoms with Gasteiger partial charge in [-0.25, -0.2) is 4.39 Å². The molecular formula is C15H21FN2O. The first-order chi connectivity index (χ1) is 9.27. The average Bonchev–Trinajstić information content (AvgIpc) is 2.68. The Labute approximate surface area is 113 Å². The number of benzene rings is 1. The number of carbonyl (C=O) groups is 1. The molecule has 0 bridgehead atoms. The Morgan fingerprint density at radius 3 is 2.53 bits per heavy atom. The first-order valence-corrected chi connectivity index (χ1v) is 7.02. The van der Waals surface area contributed by atoms with Crippen molar-refractivity contribution in [1.82, 2.24) is 10.2 Å². The molecule has 1 N–H and O–H groups in total. The second-order valence-corrected chi connectivity index (χ2v) is 4.99. The SMILES string of the molecule is O=C(NCCN1CCCCCC1)c1ccccc1F. The standard InChI is InChI=1S/C15H21FN2O/c16-14-8-4-3-7-13(14)15(19)17-9-12-18-10-5-1-2-6-11-18/h3-4,7-8H,1-2,5-6,9-12H2,(H,17,19). The molecule has 19 heavy (non-hydrogen) atoms. The Morgan fingerprint density at radius 2 is 1.84 bits per heavy atom. The fourth-order valence-corrected chi connectivity index (χ4v) is 2.43. The molecule has 0 atom stereocenters. The van der Waals surface area contributed by atoms with E-state index in [-0.39, 0.29) is 11.5 Å². The Bertz CT molecular complexity index is 414. The van der Waals surface area contributed by atoms with Crippen LogP contribution in [0.5, 0.6) is 0 Å². The molecular weight excluding hydrogens is 243 g/mol. The van der Waals surface area contributed by atoms with Gasteiger partial charge in [0.05, 0.1) is 5.56 Å². The van der Waals surface area contributed by atoms with Gasteiger partial charge in [-0.05, 0) is 38.1 Å². The van der Waals surface area contributed by atoms with Gasteiger partial charge in [-0.3, -0.25) is 4.79 Å². The number of carbonyl (C=O) groups excluding carboxylic acids is 1. The average molecular weight is 264 g/mol. The van der Waals surface area contributed by atoms with Crippen LogP contribution in [0.4, 0.5) is 4.39 Å². The highest BCUT2D eigenvalue weighted by Crippen LogP contribution is 2.09. The molecule has 3 nitrogen and oxygen atoms in total. The smallest absolute Gasteiger partial charge is 0.254 e. The van der Waals surface area contributed by atoms with Crippen molar-refractivity contribution in [3.63, 3.8) is 0 Å². The Morgan fingerprint density at radius 1 is 1.16 bits per heavy atom. The summed E-state index contributed by atoms with van der Waals surface area (Å²) in [6, 6.07) is 6.08. The van der Waals surface area contributed by atoms with Crippen molar-refractivity contribution < 1.29 is 9.18 Å². The van der Waals surface area contributed by atoms with E-state index in [2.05, 4.69) is 10.2 Å². The maximum Gasteiger partial charge on any atom is 0.254 e. The van der Waals surface area contributed by atoms with E-state index >= 15 is 0 Å². The van der Waals surface area contributed by atoms with Crippen molar-refractivity contribution in [2.24, 2.45) is 0 Å². The number of nitrogens with zero attached hydrogens (tertiary/aromatic N) is 1. The van der Waals surface area contributed by atoms with E-state index in [9.17, 15) is 9.18 Å². The molecule has 0 aromatic heterocycles. The molecule has 1 saturated heterocycles. The summed E-state index contributed by atoms with van der Waals surface area (Å²) in [5.74, 6) is -0.789. The first-order valence-electron chi connectivity index (χ1n) is 7.02. The molecule has 1 fully saturated rings. The summed E-state index contributed by atoms with van der Waals surface area (Å²) in [4.78, 5) is 14.2. The molecule has 1 heterocycles. The Balaban J connectivity index is 1.76. The lowest BCUT2D eigenvalue weighted by Crippen LogP contribution is -2.35. The van der Waals surface area contributed by atoms with Gasteiger partial charge >= 0.3 is 0 Å². The quantitative estimate of drug-likeness (QED) is 0.906. The third-order valence-electron chi connectivity index (χ3n) is 3.53. The van der Waals surface area contributed by atoms with Gasteiger partial charge < -0.3 is 10.2 Å². The molecule has 1 aromatic rings. The van der Waals surface area contributed by atoms with Crippen LogP contribution in [0.25, 0.3) is 0 Å². The van der Waals surface area contributed by atoms with Crippen molar-refractivity contribution in [1.29, 1.82) is 0 Å². The zero-order valence-electron chi connectivity index (χ0n) is 11.2. The van der Waals surface area contributed by atoms with Crippen molar-refractivity contribution in [3.05, 3.63) is 35.6 Å². The predicted molar refractivity (Wildman–Crippen MR) is 73.6 cm³/mol. The van der Waals surface area contributed by atoms with Crippen LogP contribution in [0.2, 0.25) is 0 Å². The first kappa shape index (κ1) is 14.0. The summed E-state index contributed by atoms with van der Waals surface area (Å²) < 4.78 is 13.4. The van der Waals surface area contributed by atoms with Gasteiger partial charge in [0.25, 0.3) is 5.91 Å². The van der Waals surface area contributed by atoms with Gasteiger partial charge in [-0.2, -0.15) is 0 Å². The lowest BCUT2D eigenvalue weighted by atomic mass is 10.2. The molecule has 0 unspecified atom stereocenters. The second kappa shape index (κ2) is 7.24. The molecule has 1 amide bonds. The fourth-order valence-electron chi connectivity index (χ4n) is 2.43. The maximum atomic E-state index is 13.4. The van der Waals surface area contributed by atoms with Gasteiger partial charge in [0.15, 0.2) is 0 Å². The predicted octanol–water partition coefficient (Wildman–Crippen LogP) is 2.43. The van der Waals surface area contributed by atoms with E-state index in [4.69, 9.17) is 0 Å². The lowest BCUT2D eigenvalue weighted by Gasteiger charge is -2.19. The van der Waals surface area contributed by atoms with Crippen molar-refractivity contribution in [2.75, 3.05) is 26.2 Å². The second-order valence-electron chi connectivity index (χ2n) is 4.99. The van der Waals surface area contributed by atoms with Gasteiger partial charge in [0.1, 0.15) is 5.82 Å². The van der Waals surface area contributed by atoms with Crippen LogP contribution in [-0.4, -0.2) is 37.0 Å². The van der Waals surface area contributed by atoms with Crippen LogP contribution < -0.4 is 5.32 Å². The van der Waals surface area contributed by atoms with Crippen LogP contribution in [0.3, 0.4) is 0 Å². The van der Waals surface area contributed by atoms with E-state index in [0.717, 1.165) is 19.6 Å². The topological polar surface area (TPSA) is 32.3 Å². The van der Waals surface area contributed by atoms with Crippen LogP contribution in [0.15, 0.2) is 24.3 Å². The van der Waals surface area contributed by atoms with Crippen LogP contribution in [-0.2, 0) is 0 Å². The van der Waals surface area contributed by atoms with Gasteiger partial charge in [0.2, 0.25) is 0 Å². The molecule has 1 aliphatic rings. The Hall–Kier alpha value is -1.42. The molecule has 4 heteroatoms. The van der Waals surface area contributed by atoms with E-state index in [1.165, 1.54) is 37.8 Å². The summed E-state index contributed by atoms with van der Waals surface area (Å²) >= 11 is 0. The van der Waals surface area contributed by atoms with Crippen molar-refractivity contribution in [3.8, 4) is 0 Å².